The normalized spacial score (nSPS) is 14.1. The van der Waals surface area contributed by atoms with Crippen LogP contribution in [0, 0.1) is 6.92 Å². The van der Waals surface area contributed by atoms with Gasteiger partial charge in [0.25, 0.3) is 5.91 Å². The number of H-pyrrole nitrogens is 1. The second-order valence-electron chi connectivity index (χ2n) is 9.78. The summed E-state index contributed by atoms with van der Waals surface area (Å²) in [6.45, 7) is 1.83. The topological polar surface area (TPSA) is 102 Å². The van der Waals surface area contributed by atoms with Gasteiger partial charge in [-0.05, 0) is 54.3 Å². The van der Waals surface area contributed by atoms with Crippen molar-refractivity contribution in [3.63, 3.8) is 0 Å². The number of aliphatic imine (C=N–C) groups is 1. The monoisotopic (exact) mass is 631 g/mol. The number of aryl methyl sites for hydroxylation is 1. The van der Waals surface area contributed by atoms with Gasteiger partial charge in [0.2, 0.25) is 0 Å². The summed E-state index contributed by atoms with van der Waals surface area (Å²) in [4.78, 5) is 20.6. The fraction of sp³-hybridized carbons (Fsp3) is 0.0323. The summed E-state index contributed by atoms with van der Waals surface area (Å²) in [5.74, 6) is -0.215. The summed E-state index contributed by atoms with van der Waals surface area (Å²) in [6.07, 6.45) is 0. The fourth-order valence-corrected chi connectivity index (χ4v) is 6.26. The van der Waals surface area contributed by atoms with Gasteiger partial charge in [0.1, 0.15) is 17.3 Å². The molecule has 7 rings (SSSR count). The minimum absolute atomic E-state index is 0.00546. The number of phenolic OH excluding ortho intramolecular Hbond substituents is 1. The number of carbonyl (C=O) groups excluding carboxylic acids is 1. The zero-order valence-corrected chi connectivity index (χ0v) is 24.6. The molecule has 1 aromatic heterocycles. The quantitative estimate of drug-likeness (QED) is 0.103. The summed E-state index contributed by atoms with van der Waals surface area (Å²) in [5.41, 5.74) is 4.39. The Morgan fingerprint density at radius 1 is 0.762 bits per heavy atom. The molecule has 7 nitrogen and oxygen atoms in total. The molecule has 0 spiro atoms. The predicted octanol–water partition coefficient (Wildman–Crippen LogP) is 10.3. The molecule has 0 saturated carbocycles. The molecule has 5 aromatic carbocycles. The van der Waals surface area contributed by atoms with Crippen LogP contribution in [0.4, 0.5) is 17.1 Å². The van der Waals surface area contributed by atoms with Gasteiger partial charge in [-0.1, -0.05) is 76.7 Å². The summed E-state index contributed by atoms with van der Waals surface area (Å²) in [7, 11) is 0. The first kappa shape index (κ1) is 26.7. The van der Waals surface area contributed by atoms with Crippen molar-refractivity contribution in [3.05, 3.63) is 104 Å². The van der Waals surface area contributed by atoms with Gasteiger partial charge >= 0.3 is 0 Å². The highest BCUT2D eigenvalue weighted by atomic mass is 35.5. The molecule has 0 bridgehead atoms. The van der Waals surface area contributed by atoms with Crippen molar-refractivity contribution >= 4 is 108 Å². The van der Waals surface area contributed by atoms with Crippen LogP contribution in [-0.2, 0) is 0 Å². The minimum atomic E-state index is -0.478. The van der Waals surface area contributed by atoms with Crippen LogP contribution in [0.25, 0.3) is 32.6 Å². The molecule has 1 aliphatic rings. The lowest BCUT2D eigenvalue weighted by atomic mass is 10.0. The Labute approximate surface area is 258 Å². The molecule has 2 heterocycles. The van der Waals surface area contributed by atoms with Crippen LogP contribution in [0.15, 0.2) is 82.0 Å². The van der Waals surface area contributed by atoms with Crippen molar-refractivity contribution in [1.82, 2.24) is 10.3 Å². The van der Waals surface area contributed by atoms with Gasteiger partial charge in [-0.2, -0.15) is 5.11 Å². The van der Waals surface area contributed by atoms with Crippen molar-refractivity contribution in [2.45, 2.75) is 6.92 Å². The van der Waals surface area contributed by atoms with Crippen LogP contribution in [0.3, 0.4) is 0 Å². The minimum Gasteiger partial charge on any atom is -0.505 e. The number of amides is 1. The smallest absolute Gasteiger partial charge is 0.259 e. The summed E-state index contributed by atoms with van der Waals surface area (Å²) in [6, 6.07) is 20.9. The average Bonchev–Trinajstić information content (AvgIpc) is 3.53. The molecule has 0 saturated heterocycles. The second kappa shape index (κ2) is 10.00. The highest BCUT2D eigenvalue weighted by molar-refractivity contribution is 6.55. The molecule has 206 valence electrons. The van der Waals surface area contributed by atoms with Crippen LogP contribution < -0.4 is 5.32 Å². The Morgan fingerprint density at radius 3 is 2.21 bits per heavy atom. The van der Waals surface area contributed by atoms with Gasteiger partial charge in [-0.25, -0.2) is 4.99 Å². The van der Waals surface area contributed by atoms with E-state index in [9.17, 15) is 9.90 Å². The number of fused-ring (bicyclic) bond motifs is 6. The number of azo groups is 1. The van der Waals surface area contributed by atoms with Crippen molar-refractivity contribution < 1.29 is 9.90 Å². The highest BCUT2D eigenvalue weighted by Crippen LogP contribution is 2.45. The van der Waals surface area contributed by atoms with E-state index in [0.717, 1.165) is 32.6 Å². The molecule has 0 fully saturated rings. The third-order valence-electron chi connectivity index (χ3n) is 7.24. The van der Waals surface area contributed by atoms with Crippen molar-refractivity contribution in [3.8, 4) is 5.75 Å². The number of aromatic nitrogens is 1. The molecule has 1 amide bonds. The summed E-state index contributed by atoms with van der Waals surface area (Å²) in [5, 5.41) is 26.6. The lowest BCUT2D eigenvalue weighted by molar-refractivity contribution is 0.0983. The maximum Gasteiger partial charge on any atom is 0.259 e. The molecule has 42 heavy (non-hydrogen) atoms. The van der Waals surface area contributed by atoms with E-state index in [0.29, 0.717) is 22.6 Å². The third kappa shape index (κ3) is 4.12. The highest BCUT2D eigenvalue weighted by Gasteiger charge is 2.34. The predicted molar refractivity (Wildman–Crippen MR) is 170 cm³/mol. The summed E-state index contributed by atoms with van der Waals surface area (Å²) < 4.78 is 0. The number of nitrogens with one attached hydrogen (secondary N) is 2. The van der Waals surface area contributed by atoms with E-state index in [1.807, 2.05) is 37.3 Å². The van der Waals surface area contributed by atoms with E-state index < -0.39 is 5.91 Å². The zero-order valence-electron chi connectivity index (χ0n) is 21.6. The van der Waals surface area contributed by atoms with Gasteiger partial charge < -0.3 is 15.4 Å². The Bertz CT molecular complexity index is 2200. The molecule has 3 N–H and O–H groups in total. The molecule has 11 heteroatoms. The van der Waals surface area contributed by atoms with Crippen LogP contribution >= 0.6 is 46.4 Å². The first-order chi connectivity index (χ1) is 20.2. The number of rotatable bonds is 3. The molecule has 6 aromatic rings. The van der Waals surface area contributed by atoms with E-state index in [1.54, 1.807) is 24.3 Å². The first-order valence-corrected chi connectivity index (χ1v) is 14.2. The van der Waals surface area contributed by atoms with Gasteiger partial charge in [0, 0.05) is 21.7 Å². The maximum absolute atomic E-state index is 12.6. The van der Waals surface area contributed by atoms with Crippen LogP contribution in [0.2, 0.25) is 20.1 Å². The lowest BCUT2D eigenvalue weighted by Crippen LogP contribution is -2.21. The Kier molecular flexibility index (Phi) is 6.36. The van der Waals surface area contributed by atoms with Crippen LogP contribution in [0.1, 0.15) is 21.5 Å². The van der Waals surface area contributed by atoms with Crippen molar-refractivity contribution in [2.75, 3.05) is 0 Å². The number of hydrogen-bond donors (Lipinski definition) is 3. The molecule has 0 radical (unpaired) electrons. The standard InChI is InChI=1S/C31H17Cl4N5O2/c1-13-12-14-6-11-18-17-4-2-3-5-19(17)37-27(18)20(14)28(29(13)41)40-39-16-9-7-15(8-10-16)36-30-21-22(31(42)38-30)24(33)26(35)25(34)23(21)32/h2-12,37,41H,1H3,(H,36,38,42). The third-order valence-corrected chi connectivity index (χ3v) is 9.04. The first-order valence-electron chi connectivity index (χ1n) is 12.7. The number of carbonyl (C=O) groups is 1. The SMILES string of the molecule is Cc1cc2ccc3c4ccccc4[nH]c3c2c(N=Nc2ccc(N=C3NC(=O)c4c(Cl)c(Cl)c(Cl)c(Cl)c43)cc2)c1O. The van der Waals surface area contributed by atoms with E-state index in [1.165, 1.54) is 0 Å². The second-order valence-corrected chi connectivity index (χ2v) is 11.3. The van der Waals surface area contributed by atoms with Crippen LogP contribution in [0.5, 0.6) is 5.75 Å². The van der Waals surface area contributed by atoms with Gasteiger partial charge in [0.15, 0.2) is 0 Å². The fourth-order valence-electron chi connectivity index (χ4n) is 5.23. The molecule has 0 aliphatic carbocycles. The molecule has 0 atom stereocenters. The Balaban J connectivity index is 1.27. The number of amidine groups is 1. The van der Waals surface area contributed by atoms with E-state index in [4.69, 9.17) is 46.4 Å². The van der Waals surface area contributed by atoms with E-state index in [2.05, 4.69) is 37.7 Å². The lowest BCUT2D eigenvalue weighted by Gasteiger charge is -2.09. The number of aromatic hydroxyl groups is 1. The Hall–Kier alpha value is -4.14. The molecule has 1 aliphatic heterocycles. The number of hydrogen-bond acceptors (Lipinski definition) is 5. The van der Waals surface area contributed by atoms with Gasteiger partial charge in [-0.15, -0.1) is 5.11 Å². The van der Waals surface area contributed by atoms with Crippen molar-refractivity contribution in [2.24, 2.45) is 15.2 Å². The molecular weight excluding hydrogens is 616 g/mol. The van der Waals surface area contributed by atoms with Crippen molar-refractivity contribution in [1.29, 1.82) is 0 Å². The maximum atomic E-state index is 12.6. The van der Waals surface area contributed by atoms with E-state index in [-0.39, 0.29) is 42.8 Å². The molecule has 0 unspecified atom stereocenters. The number of nitrogens with zero attached hydrogens (tertiary/aromatic N) is 3. The number of aromatic amines is 1. The Morgan fingerprint density at radius 2 is 1.45 bits per heavy atom. The largest absolute Gasteiger partial charge is 0.505 e. The number of phenols is 1. The number of para-hydroxylation sites is 1. The van der Waals surface area contributed by atoms with Crippen LogP contribution in [-0.4, -0.2) is 21.8 Å². The average molecular weight is 633 g/mol. The zero-order chi connectivity index (χ0) is 29.3. The number of halogens is 4. The summed E-state index contributed by atoms with van der Waals surface area (Å²) >= 11 is 25.0. The number of benzene rings is 5. The van der Waals surface area contributed by atoms with Gasteiger partial charge in [-0.3, -0.25) is 4.79 Å². The molecular formula is C31H17Cl4N5O2. The van der Waals surface area contributed by atoms with E-state index >= 15 is 0 Å². The van der Waals surface area contributed by atoms with Gasteiger partial charge in [0.05, 0.1) is 48.1 Å².